The van der Waals surface area contributed by atoms with Crippen LogP contribution in [-0.2, 0) is 11.2 Å². The van der Waals surface area contributed by atoms with E-state index in [1.54, 1.807) is 4.90 Å². The topological polar surface area (TPSA) is 57.0 Å². The smallest absolute Gasteiger partial charge is 0.295 e. The second kappa shape index (κ2) is 7.43. The quantitative estimate of drug-likeness (QED) is 0.803. The van der Waals surface area contributed by atoms with Crippen molar-refractivity contribution in [2.24, 2.45) is 0 Å². The molecule has 3 heterocycles. The van der Waals surface area contributed by atoms with Gasteiger partial charge in [0.1, 0.15) is 11.8 Å². The lowest BCUT2D eigenvalue weighted by atomic mass is 9.94. The van der Waals surface area contributed by atoms with Crippen LogP contribution in [0.1, 0.15) is 33.9 Å². The van der Waals surface area contributed by atoms with Crippen molar-refractivity contribution >= 4 is 17.5 Å². The molecule has 0 radical (unpaired) electrons. The number of fused-ring (bicyclic) bond motifs is 1. The summed E-state index contributed by atoms with van der Waals surface area (Å²) in [7, 11) is 2.07. The van der Waals surface area contributed by atoms with E-state index in [9.17, 15) is 9.59 Å². The number of likely N-dealkylation sites (N-methyl/N-ethyl adjacent to an activating group) is 1. The standard InChI is InChI=1S/C22H27N3O3/c1-15-14-16(2)28-20(15)22(27)25-18-7-5-4-6-17(18)8-9-19(25)21(26)24-12-10-23(3)11-13-24/h4-7,14,19H,8-13H2,1-3H3. The minimum absolute atomic E-state index is 0.0388. The lowest BCUT2D eigenvalue weighted by Gasteiger charge is -2.40. The van der Waals surface area contributed by atoms with Crippen molar-refractivity contribution in [2.45, 2.75) is 32.7 Å². The minimum Gasteiger partial charge on any atom is -0.456 e. The molecule has 1 fully saturated rings. The predicted molar refractivity (Wildman–Crippen MR) is 108 cm³/mol. The van der Waals surface area contributed by atoms with Gasteiger partial charge in [-0.25, -0.2) is 0 Å². The molecule has 0 saturated carbocycles. The van der Waals surface area contributed by atoms with Gasteiger partial charge in [0, 0.05) is 37.4 Å². The molecule has 148 valence electrons. The molecule has 2 aromatic rings. The van der Waals surface area contributed by atoms with Crippen molar-refractivity contribution in [3.63, 3.8) is 0 Å². The van der Waals surface area contributed by atoms with Crippen molar-refractivity contribution in [2.75, 3.05) is 38.1 Å². The lowest BCUT2D eigenvalue weighted by molar-refractivity contribution is -0.134. The Bertz CT molecular complexity index is 896. The minimum atomic E-state index is -0.490. The van der Waals surface area contributed by atoms with E-state index in [0.717, 1.165) is 36.3 Å². The first kappa shape index (κ1) is 18.7. The van der Waals surface area contributed by atoms with Crippen LogP contribution in [0.25, 0.3) is 0 Å². The molecule has 0 N–H and O–H groups in total. The van der Waals surface area contributed by atoms with Gasteiger partial charge in [0.2, 0.25) is 5.91 Å². The summed E-state index contributed by atoms with van der Waals surface area (Å²) in [6.07, 6.45) is 1.42. The molecule has 6 heteroatoms. The molecule has 1 aromatic heterocycles. The summed E-state index contributed by atoms with van der Waals surface area (Å²) in [5.41, 5.74) is 2.72. The van der Waals surface area contributed by atoms with Gasteiger partial charge in [0.25, 0.3) is 5.91 Å². The fourth-order valence-electron chi connectivity index (χ4n) is 4.23. The molecule has 1 aromatic carbocycles. The van der Waals surface area contributed by atoms with E-state index in [0.29, 0.717) is 31.0 Å². The summed E-state index contributed by atoms with van der Waals surface area (Å²) in [6.45, 7) is 6.83. The number of carbonyl (C=O) groups is 2. The van der Waals surface area contributed by atoms with Crippen molar-refractivity contribution in [1.29, 1.82) is 0 Å². The Morgan fingerprint density at radius 2 is 1.79 bits per heavy atom. The highest BCUT2D eigenvalue weighted by molar-refractivity contribution is 6.10. The molecular formula is C22H27N3O3. The number of hydrogen-bond donors (Lipinski definition) is 0. The van der Waals surface area contributed by atoms with E-state index in [1.165, 1.54) is 0 Å². The monoisotopic (exact) mass is 381 g/mol. The first-order valence-corrected chi connectivity index (χ1v) is 9.91. The maximum absolute atomic E-state index is 13.5. The third-order valence-corrected chi connectivity index (χ3v) is 5.80. The molecule has 0 aliphatic carbocycles. The molecule has 0 spiro atoms. The number of rotatable bonds is 2. The molecule has 1 atom stereocenters. The number of para-hydroxylation sites is 1. The fraction of sp³-hybridized carbons (Fsp3) is 0.455. The lowest BCUT2D eigenvalue weighted by Crippen LogP contribution is -2.57. The summed E-state index contributed by atoms with van der Waals surface area (Å²) in [5.74, 6) is 0.834. The molecule has 0 bridgehead atoms. The number of benzene rings is 1. The van der Waals surface area contributed by atoms with Gasteiger partial charge in [-0.05, 0) is 51.4 Å². The van der Waals surface area contributed by atoms with Gasteiger partial charge >= 0.3 is 0 Å². The Morgan fingerprint density at radius 1 is 1.07 bits per heavy atom. The predicted octanol–water partition coefficient (Wildman–Crippen LogP) is 2.63. The summed E-state index contributed by atoms with van der Waals surface area (Å²) in [5, 5.41) is 0. The largest absolute Gasteiger partial charge is 0.456 e. The molecule has 6 nitrogen and oxygen atoms in total. The number of piperazine rings is 1. The van der Waals surface area contributed by atoms with Gasteiger partial charge in [0.15, 0.2) is 5.76 Å². The zero-order valence-electron chi connectivity index (χ0n) is 16.8. The highest BCUT2D eigenvalue weighted by atomic mass is 16.4. The number of hydrogen-bond acceptors (Lipinski definition) is 4. The summed E-state index contributed by atoms with van der Waals surface area (Å²) >= 11 is 0. The average molecular weight is 381 g/mol. The van der Waals surface area contributed by atoms with Crippen molar-refractivity contribution in [3.05, 3.63) is 53.0 Å². The van der Waals surface area contributed by atoms with E-state index in [1.807, 2.05) is 49.1 Å². The molecule has 2 aliphatic rings. The van der Waals surface area contributed by atoms with Crippen LogP contribution in [0.15, 0.2) is 34.7 Å². The van der Waals surface area contributed by atoms with Crippen molar-refractivity contribution in [1.82, 2.24) is 9.80 Å². The van der Waals surface area contributed by atoms with Crippen LogP contribution in [0.3, 0.4) is 0 Å². The second-order valence-electron chi connectivity index (χ2n) is 7.86. The van der Waals surface area contributed by atoms with Crippen molar-refractivity contribution in [3.8, 4) is 0 Å². The summed E-state index contributed by atoms with van der Waals surface area (Å²) in [6, 6.07) is 9.24. The number of anilines is 1. The van der Waals surface area contributed by atoms with E-state index in [4.69, 9.17) is 4.42 Å². The number of aryl methyl sites for hydroxylation is 3. The van der Waals surface area contributed by atoms with E-state index >= 15 is 0 Å². The third kappa shape index (κ3) is 3.33. The van der Waals surface area contributed by atoms with Crippen LogP contribution in [0.5, 0.6) is 0 Å². The average Bonchev–Trinajstić information content (AvgIpc) is 3.04. The molecular weight excluding hydrogens is 354 g/mol. The van der Waals surface area contributed by atoms with Crippen LogP contribution in [0, 0.1) is 13.8 Å². The maximum Gasteiger partial charge on any atom is 0.295 e. The first-order chi connectivity index (χ1) is 13.5. The Hall–Kier alpha value is -2.60. The van der Waals surface area contributed by atoms with E-state index < -0.39 is 6.04 Å². The molecule has 4 rings (SSSR count). The second-order valence-corrected chi connectivity index (χ2v) is 7.86. The Labute approximate surface area is 165 Å². The Morgan fingerprint density at radius 3 is 2.46 bits per heavy atom. The molecule has 1 unspecified atom stereocenters. The van der Waals surface area contributed by atoms with E-state index in [-0.39, 0.29) is 11.8 Å². The molecule has 2 amide bonds. The Balaban J connectivity index is 1.70. The van der Waals surface area contributed by atoms with Crippen molar-refractivity contribution < 1.29 is 14.0 Å². The van der Waals surface area contributed by atoms with Crippen LogP contribution in [0.4, 0.5) is 5.69 Å². The normalized spacial score (nSPS) is 20.2. The highest BCUT2D eigenvalue weighted by Crippen LogP contribution is 2.33. The first-order valence-electron chi connectivity index (χ1n) is 9.91. The van der Waals surface area contributed by atoms with Crippen LogP contribution in [-0.4, -0.2) is 60.9 Å². The van der Waals surface area contributed by atoms with Crippen LogP contribution < -0.4 is 4.90 Å². The molecule has 2 aliphatic heterocycles. The number of nitrogens with zero attached hydrogens (tertiary/aromatic N) is 3. The Kier molecular flexibility index (Phi) is 4.98. The van der Waals surface area contributed by atoms with Gasteiger partial charge in [-0.3, -0.25) is 14.5 Å². The molecule has 1 saturated heterocycles. The summed E-state index contributed by atoms with van der Waals surface area (Å²) in [4.78, 5) is 32.7. The zero-order chi connectivity index (χ0) is 19.8. The van der Waals surface area contributed by atoms with E-state index in [2.05, 4.69) is 11.9 Å². The number of amides is 2. The van der Waals surface area contributed by atoms with Gasteiger partial charge in [-0.15, -0.1) is 0 Å². The number of furan rings is 1. The zero-order valence-corrected chi connectivity index (χ0v) is 16.8. The maximum atomic E-state index is 13.5. The number of carbonyl (C=O) groups excluding carboxylic acids is 2. The van der Waals surface area contributed by atoms with Crippen LogP contribution in [0.2, 0.25) is 0 Å². The third-order valence-electron chi connectivity index (χ3n) is 5.80. The summed E-state index contributed by atoms with van der Waals surface area (Å²) < 4.78 is 5.71. The van der Waals surface area contributed by atoms with Gasteiger partial charge in [-0.2, -0.15) is 0 Å². The highest BCUT2D eigenvalue weighted by Gasteiger charge is 2.39. The molecule has 28 heavy (non-hydrogen) atoms. The van der Waals surface area contributed by atoms with Gasteiger partial charge < -0.3 is 14.2 Å². The SMILES string of the molecule is Cc1cc(C)c(C(=O)N2c3ccccc3CCC2C(=O)N2CCN(C)CC2)o1. The van der Waals surface area contributed by atoms with Crippen LogP contribution >= 0.6 is 0 Å². The fourth-order valence-corrected chi connectivity index (χ4v) is 4.23. The van der Waals surface area contributed by atoms with Gasteiger partial charge in [0.05, 0.1) is 0 Å². The van der Waals surface area contributed by atoms with Gasteiger partial charge in [-0.1, -0.05) is 18.2 Å².